The van der Waals surface area contributed by atoms with Gasteiger partial charge in [0.15, 0.2) is 5.78 Å². The lowest BCUT2D eigenvalue weighted by molar-refractivity contribution is 0.0955. The van der Waals surface area contributed by atoms with Crippen LogP contribution in [0.4, 0.5) is 10.5 Å². The molecular formula is C30H32ClN5O4. The number of nitrogens with zero attached hydrogens (tertiary/aromatic N) is 4. The molecule has 0 bridgehead atoms. The van der Waals surface area contributed by atoms with Crippen molar-refractivity contribution in [2.45, 2.75) is 71.0 Å². The number of benzene rings is 2. The van der Waals surface area contributed by atoms with E-state index in [0.717, 1.165) is 32.1 Å². The third-order valence-electron chi connectivity index (χ3n) is 7.93. The number of anilines is 1. The van der Waals surface area contributed by atoms with Crippen LogP contribution in [0.2, 0.25) is 5.02 Å². The second kappa shape index (κ2) is 11.7. The minimum absolute atomic E-state index is 0.0868. The molecule has 9 nitrogen and oxygen atoms in total. The van der Waals surface area contributed by atoms with Gasteiger partial charge in [0.2, 0.25) is 0 Å². The van der Waals surface area contributed by atoms with Gasteiger partial charge in [0.05, 0.1) is 21.5 Å². The summed E-state index contributed by atoms with van der Waals surface area (Å²) in [7, 11) is 0. The highest BCUT2D eigenvalue weighted by Gasteiger charge is 2.28. The number of Topliss-reactive ketones (excluding diaryl/α,β-unsaturated/α-hetero) is 1. The highest BCUT2D eigenvalue weighted by Crippen LogP contribution is 2.30. The smallest absolute Gasteiger partial charge is 0.322 e. The van der Waals surface area contributed by atoms with Gasteiger partial charge in [-0.25, -0.2) is 9.59 Å². The molecule has 3 aromatic rings. The van der Waals surface area contributed by atoms with E-state index in [4.69, 9.17) is 16.9 Å². The first-order valence-electron chi connectivity index (χ1n) is 13.9. The van der Waals surface area contributed by atoms with E-state index in [2.05, 4.69) is 5.32 Å². The summed E-state index contributed by atoms with van der Waals surface area (Å²) in [5, 5.41) is 12.7. The van der Waals surface area contributed by atoms with E-state index in [1.807, 2.05) is 13.0 Å². The number of carbonyl (C=O) groups excluding carboxylic acids is 2. The molecule has 2 amide bonds. The zero-order chi connectivity index (χ0) is 28.4. The summed E-state index contributed by atoms with van der Waals surface area (Å²) in [4.78, 5) is 54.2. The molecule has 0 spiro atoms. The maximum absolute atomic E-state index is 13.4. The van der Waals surface area contributed by atoms with Gasteiger partial charge in [0.25, 0.3) is 5.56 Å². The third kappa shape index (κ3) is 5.68. The number of carbonyl (C=O) groups is 2. The van der Waals surface area contributed by atoms with Crippen molar-refractivity contribution in [2.75, 3.05) is 11.9 Å². The molecule has 1 atom stereocenters. The Morgan fingerprint density at radius 1 is 1.07 bits per heavy atom. The highest BCUT2D eigenvalue weighted by atomic mass is 35.5. The average Bonchev–Trinajstić information content (AvgIpc) is 3.79. The van der Waals surface area contributed by atoms with Crippen LogP contribution < -0.4 is 16.6 Å². The number of nitriles is 1. The first kappa shape index (κ1) is 27.7. The van der Waals surface area contributed by atoms with Crippen molar-refractivity contribution in [3.05, 3.63) is 73.4 Å². The van der Waals surface area contributed by atoms with Crippen LogP contribution in [-0.4, -0.2) is 38.4 Å². The molecule has 1 saturated carbocycles. The second-order valence-electron chi connectivity index (χ2n) is 10.7. The molecule has 2 aliphatic rings. The standard InChI is InChI=1S/C30H32ClN5O4/c1-2-34-26-12-10-22(16-24(26)28(38)36(30(34)40)18-19-6-7-19)33-29(39)35-14-4-3-5-23(35)11-13-27(37)20-8-9-21(17-32)25(31)15-20/h8-10,12,15-16,19,23H,2-7,11,13-14,18H2,1H3,(H,33,39). The Hall–Kier alpha value is -3.90. The summed E-state index contributed by atoms with van der Waals surface area (Å²) in [5.41, 5.74) is 1.19. The Morgan fingerprint density at radius 3 is 2.58 bits per heavy atom. The summed E-state index contributed by atoms with van der Waals surface area (Å²) < 4.78 is 2.93. The number of piperidine rings is 1. The molecule has 1 saturated heterocycles. The maximum atomic E-state index is 13.4. The Bertz CT molecular complexity index is 1630. The number of ketones is 1. The number of hydrogen-bond donors (Lipinski definition) is 1. The second-order valence-corrected chi connectivity index (χ2v) is 11.1. The molecule has 2 fully saturated rings. The van der Waals surface area contributed by atoms with E-state index < -0.39 is 0 Å². The van der Waals surface area contributed by atoms with Gasteiger partial charge in [-0.2, -0.15) is 5.26 Å². The van der Waals surface area contributed by atoms with Crippen LogP contribution in [0.1, 0.15) is 67.8 Å². The molecule has 40 heavy (non-hydrogen) atoms. The minimum Gasteiger partial charge on any atom is -0.322 e. The molecule has 5 rings (SSSR count). The fourth-order valence-corrected chi connectivity index (χ4v) is 5.73. The van der Waals surface area contributed by atoms with E-state index in [-0.39, 0.29) is 40.5 Å². The van der Waals surface area contributed by atoms with E-state index >= 15 is 0 Å². The number of aromatic nitrogens is 2. The monoisotopic (exact) mass is 561 g/mol. The topological polar surface area (TPSA) is 117 Å². The number of nitrogens with one attached hydrogen (secondary N) is 1. The van der Waals surface area contributed by atoms with Gasteiger partial charge in [0, 0.05) is 43.3 Å². The Morgan fingerprint density at radius 2 is 1.88 bits per heavy atom. The zero-order valence-corrected chi connectivity index (χ0v) is 23.2. The molecular weight excluding hydrogens is 530 g/mol. The molecule has 1 unspecified atom stereocenters. The Labute approximate surface area is 237 Å². The van der Waals surface area contributed by atoms with Crippen LogP contribution in [0.25, 0.3) is 10.9 Å². The van der Waals surface area contributed by atoms with Crippen molar-refractivity contribution in [1.29, 1.82) is 5.26 Å². The van der Waals surface area contributed by atoms with Gasteiger partial charge in [-0.1, -0.05) is 11.6 Å². The van der Waals surface area contributed by atoms with E-state index in [9.17, 15) is 19.2 Å². The van der Waals surface area contributed by atoms with E-state index in [0.29, 0.717) is 59.7 Å². The quantitative estimate of drug-likeness (QED) is 0.381. The summed E-state index contributed by atoms with van der Waals surface area (Å²) >= 11 is 6.09. The fourth-order valence-electron chi connectivity index (χ4n) is 5.51. The fraction of sp³-hybridized carbons (Fsp3) is 0.433. The van der Waals surface area contributed by atoms with Gasteiger partial charge >= 0.3 is 11.7 Å². The number of halogens is 1. The molecule has 1 N–H and O–H groups in total. The average molecular weight is 562 g/mol. The number of amides is 2. The van der Waals surface area contributed by atoms with Crippen molar-refractivity contribution in [3.63, 3.8) is 0 Å². The van der Waals surface area contributed by atoms with Gasteiger partial charge < -0.3 is 10.2 Å². The lowest BCUT2D eigenvalue weighted by atomic mass is 9.95. The molecule has 10 heteroatoms. The molecule has 208 valence electrons. The summed E-state index contributed by atoms with van der Waals surface area (Å²) in [6.45, 7) is 3.31. The number of urea groups is 1. The van der Waals surface area contributed by atoms with Gasteiger partial charge in [-0.05, 0) is 87.8 Å². The highest BCUT2D eigenvalue weighted by molar-refractivity contribution is 6.32. The van der Waals surface area contributed by atoms with E-state index in [1.54, 1.807) is 39.8 Å². The maximum Gasteiger partial charge on any atom is 0.331 e. The summed E-state index contributed by atoms with van der Waals surface area (Å²) in [6.07, 6.45) is 5.44. The molecule has 1 aliphatic carbocycles. The lowest BCUT2D eigenvalue weighted by Crippen LogP contribution is -2.46. The largest absolute Gasteiger partial charge is 0.331 e. The first-order valence-corrected chi connectivity index (χ1v) is 14.3. The first-order chi connectivity index (χ1) is 19.3. The Kier molecular flexibility index (Phi) is 8.08. The molecule has 2 aromatic carbocycles. The van der Waals surface area contributed by atoms with Crippen LogP contribution in [0.15, 0.2) is 46.0 Å². The zero-order valence-electron chi connectivity index (χ0n) is 22.5. The van der Waals surface area contributed by atoms with Crippen molar-refractivity contribution < 1.29 is 9.59 Å². The number of fused-ring (bicyclic) bond motifs is 1. The number of aryl methyl sites for hydroxylation is 1. The third-order valence-corrected chi connectivity index (χ3v) is 8.25. The van der Waals surface area contributed by atoms with Crippen molar-refractivity contribution >= 4 is 40.0 Å². The predicted octanol–water partition coefficient (Wildman–Crippen LogP) is 5.17. The van der Waals surface area contributed by atoms with Gasteiger partial charge in [-0.3, -0.25) is 18.7 Å². The van der Waals surface area contributed by atoms with Crippen molar-refractivity contribution in [1.82, 2.24) is 14.0 Å². The number of hydrogen-bond acceptors (Lipinski definition) is 5. The minimum atomic E-state index is -0.329. The number of rotatable bonds is 8. The van der Waals surface area contributed by atoms with Crippen LogP contribution >= 0.6 is 11.6 Å². The van der Waals surface area contributed by atoms with Crippen LogP contribution in [0, 0.1) is 17.2 Å². The summed E-state index contributed by atoms with van der Waals surface area (Å²) in [6, 6.07) is 11.4. The lowest BCUT2D eigenvalue weighted by Gasteiger charge is -2.35. The van der Waals surface area contributed by atoms with Crippen LogP contribution in [0.5, 0.6) is 0 Å². The summed E-state index contributed by atoms with van der Waals surface area (Å²) in [5.74, 6) is 0.282. The predicted molar refractivity (Wildman–Crippen MR) is 154 cm³/mol. The van der Waals surface area contributed by atoms with Crippen LogP contribution in [0.3, 0.4) is 0 Å². The molecule has 1 aliphatic heterocycles. The van der Waals surface area contributed by atoms with Crippen molar-refractivity contribution in [3.8, 4) is 6.07 Å². The van der Waals surface area contributed by atoms with Crippen LogP contribution in [-0.2, 0) is 13.1 Å². The van der Waals surface area contributed by atoms with Gasteiger partial charge in [0.1, 0.15) is 6.07 Å². The molecule has 2 heterocycles. The van der Waals surface area contributed by atoms with Gasteiger partial charge in [-0.15, -0.1) is 0 Å². The normalized spacial score (nSPS) is 17.0. The number of likely N-dealkylation sites (tertiary alicyclic amines) is 1. The van der Waals surface area contributed by atoms with E-state index in [1.165, 1.54) is 10.6 Å². The molecule has 1 aromatic heterocycles. The molecule has 0 radical (unpaired) electrons. The Balaban J connectivity index is 1.32. The SMILES string of the molecule is CCn1c(=O)n(CC2CC2)c(=O)c2cc(NC(=O)N3CCCCC3CCC(=O)c3ccc(C#N)c(Cl)c3)ccc21. The van der Waals surface area contributed by atoms with Crippen molar-refractivity contribution in [2.24, 2.45) is 5.92 Å².